The first-order valence-electron chi connectivity index (χ1n) is 9.07. The van der Waals surface area contributed by atoms with Crippen LogP contribution >= 0.6 is 0 Å². The molecular weight excluding hydrogens is 316 g/mol. The molecular formula is C19H24N4O2. The van der Waals surface area contributed by atoms with Crippen LogP contribution in [-0.4, -0.2) is 30.5 Å². The van der Waals surface area contributed by atoms with E-state index in [9.17, 15) is 4.79 Å². The highest BCUT2D eigenvalue weighted by atomic mass is 16.4. The van der Waals surface area contributed by atoms with Crippen LogP contribution in [0.5, 0.6) is 0 Å². The SMILES string of the molecule is Cc1nc(N2CCCCC2)oc1C(=O)Nc1ccc2c(c1)CCNC2. The minimum Gasteiger partial charge on any atom is -0.418 e. The monoisotopic (exact) mass is 340 g/mol. The minimum absolute atomic E-state index is 0.234. The third-order valence-electron chi connectivity index (χ3n) is 4.97. The largest absolute Gasteiger partial charge is 0.418 e. The Morgan fingerprint density at radius 3 is 2.92 bits per heavy atom. The number of aromatic nitrogens is 1. The van der Waals surface area contributed by atoms with Crippen molar-refractivity contribution in [2.75, 3.05) is 29.9 Å². The summed E-state index contributed by atoms with van der Waals surface area (Å²) in [7, 11) is 0. The van der Waals surface area contributed by atoms with Crippen LogP contribution in [0.3, 0.4) is 0 Å². The number of amides is 1. The highest BCUT2D eigenvalue weighted by Gasteiger charge is 2.22. The van der Waals surface area contributed by atoms with E-state index in [4.69, 9.17) is 4.42 Å². The maximum atomic E-state index is 12.6. The fourth-order valence-corrected chi connectivity index (χ4v) is 3.56. The second kappa shape index (κ2) is 6.88. The van der Waals surface area contributed by atoms with Gasteiger partial charge in [0.05, 0.1) is 5.69 Å². The van der Waals surface area contributed by atoms with Crippen LogP contribution in [0, 0.1) is 6.92 Å². The van der Waals surface area contributed by atoms with Gasteiger partial charge in [0.2, 0.25) is 5.76 Å². The van der Waals surface area contributed by atoms with Crippen LogP contribution in [0.2, 0.25) is 0 Å². The molecule has 0 aliphatic carbocycles. The van der Waals surface area contributed by atoms with Crippen molar-refractivity contribution >= 4 is 17.6 Å². The summed E-state index contributed by atoms with van der Waals surface area (Å²) in [4.78, 5) is 19.2. The zero-order chi connectivity index (χ0) is 17.2. The van der Waals surface area contributed by atoms with Gasteiger partial charge in [0.25, 0.3) is 11.9 Å². The summed E-state index contributed by atoms with van der Waals surface area (Å²) >= 11 is 0. The lowest BCUT2D eigenvalue weighted by molar-refractivity contribution is 0.0996. The molecule has 25 heavy (non-hydrogen) atoms. The van der Waals surface area contributed by atoms with Crippen LogP contribution < -0.4 is 15.5 Å². The first-order chi connectivity index (χ1) is 12.2. The highest BCUT2D eigenvalue weighted by molar-refractivity contribution is 6.03. The number of hydrogen-bond acceptors (Lipinski definition) is 5. The van der Waals surface area contributed by atoms with Crippen LogP contribution in [-0.2, 0) is 13.0 Å². The van der Waals surface area contributed by atoms with Crippen molar-refractivity contribution in [3.05, 3.63) is 40.8 Å². The summed E-state index contributed by atoms with van der Waals surface area (Å²) < 4.78 is 5.79. The molecule has 3 heterocycles. The predicted molar refractivity (Wildman–Crippen MR) is 97.1 cm³/mol. The number of piperidine rings is 1. The normalized spacial score (nSPS) is 17.2. The topological polar surface area (TPSA) is 70.4 Å². The Kier molecular flexibility index (Phi) is 4.44. The molecule has 1 amide bonds. The Hall–Kier alpha value is -2.34. The fraction of sp³-hybridized carbons (Fsp3) is 0.474. The highest BCUT2D eigenvalue weighted by Crippen LogP contribution is 2.24. The van der Waals surface area contributed by atoms with E-state index < -0.39 is 0 Å². The number of oxazole rings is 1. The van der Waals surface area contributed by atoms with Crippen molar-refractivity contribution in [1.29, 1.82) is 0 Å². The molecule has 0 radical (unpaired) electrons. The molecule has 132 valence electrons. The van der Waals surface area contributed by atoms with E-state index in [2.05, 4.69) is 32.7 Å². The van der Waals surface area contributed by atoms with E-state index in [1.54, 1.807) is 0 Å². The van der Waals surface area contributed by atoms with Gasteiger partial charge in [-0.05, 0) is 62.4 Å². The molecule has 4 rings (SSSR count). The number of nitrogens with one attached hydrogen (secondary N) is 2. The molecule has 0 bridgehead atoms. The van der Waals surface area contributed by atoms with Gasteiger partial charge >= 0.3 is 0 Å². The maximum absolute atomic E-state index is 12.6. The standard InChI is InChI=1S/C19H24N4O2/c1-13-17(25-19(21-13)23-9-3-2-4-10-23)18(24)22-16-6-5-15-12-20-8-7-14(15)11-16/h5-6,11,20H,2-4,7-10,12H2,1H3,(H,22,24). The molecule has 1 aromatic carbocycles. The molecule has 0 spiro atoms. The summed E-state index contributed by atoms with van der Waals surface area (Å²) in [6, 6.07) is 6.65. The van der Waals surface area contributed by atoms with E-state index in [1.165, 1.54) is 17.5 Å². The van der Waals surface area contributed by atoms with Crippen molar-refractivity contribution in [3.8, 4) is 0 Å². The van der Waals surface area contributed by atoms with Gasteiger partial charge < -0.3 is 20.0 Å². The Bertz CT molecular complexity index is 778. The van der Waals surface area contributed by atoms with Gasteiger partial charge in [0, 0.05) is 25.3 Å². The Morgan fingerprint density at radius 1 is 1.24 bits per heavy atom. The lowest BCUT2D eigenvalue weighted by Crippen LogP contribution is -2.29. The number of anilines is 2. The van der Waals surface area contributed by atoms with Crippen LogP contribution in [0.1, 0.15) is 46.6 Å². The molecule has 6 heteroatoms. The van der Waals surface area contributed by atoms with Crippen molar-refractivity contribution in [1.82, 2.24) is 10.3 Å². The third kappa shape index (κ3) is 3.39. The smallest absolute Gasteiger partial charge is 0.298 e. The van der Waals surface area contributed by atoms with Gasteiger partial charge in [0.15, 0.2) is 0 Å². The first-order valence-corrected chi connectivity index (χ1v) is 9.07. The zero-order valence-corrected chi connectivity index (χ0v) is 14.6. The molecule has 1 saturated heterocycles. The molecule has 1 aromatic heterocycles. The summed E-state index contributed by atoms with van der Waals surface area (Å²) in [6.07, 6.45) is 4.52. The molecule has 6 nitrogen and oxygen atoms in total. The second-order valence-corrected chi connectivity index (χ2v) is 6.82. The van der Waals surface area contributed by atoms with Gasteiger partial charge in [-0.15, -0.1) is 0 Å². The predicted octanol–water partition coefficient (Wildman–Crippen LogP) is 2.87. The first kappa shape index (κ1) is 16.1. The van der Waals surface area contributed by atoms with Crippen LogP contribution in [0.25, 0.3) is 0 Å². The van der Waals surface area contributed by atoms with Gasteiger partial charge in [-0.25, -0.2) is 0 Å². The van der Waals surface area contributed by atoms with Gasteiger partial charge in [0.1, 0.15) is 0 Å². The van der Waals surface area contributed by atoms with E-state index in [-0.39, 0.29) is 5.91 Å². The molecule has 2 aliphatic heterocycles. The Morgan fingerprint density at radius 2 is 2.08 bits per heavy atom. The number of carbonyl (C=O) groups excluding carboxylic acids is 1. The summed E-state index contributed by atoms with van der Waals surface area (Å²) in [6.45, 7) is 5.58. The Labute approximate surface area is 147 Å². The number of carbonyl (C=O) groups is 1. The van der Waals surface area contributed by atoms with Crippen molar-refractivity contribution in [2.45, 2.75) is 39.2 Å². The number of aryl methyl sites for hydroxylation is 1. The van der Waals surface area contributed by atoms with Crippen molar-refractivity contribution in [3.63, 3.8) is 0 Å². The van der Waals surface area contributed by atoms with E-state index in [0.717, 1.165) is 51.1 Å². The third-order valence-corrected chi connectivity index (χ3v) is 4.97. The van der Waals surface area contributed by atoms with E-state index in [1.807, 2.05) is 13.0 Å². The quantitative estimate of drug-likeness (QED) is 0.899. The zero-order valence-electron chi connectivity index (χ0n) is 14.6. The van der Waals surface area contributed by atoms with Gasteiger partial charge in [-0.1, -0.05) is 6.07 Å². The number of benzene rings is 1. The average Bonchev–Trinajstić information content (AvgIpc) is 3.04. The van der Waals surface area contributed by atoms with E-state index >= 15 is 0 Å². The number of rotatable bonds is 3. The average molecular weight is 340 g/mol. The molecule has 2 aliphatic rings. The Balaban J connectivity index is 1.50. The summed E-state index contributed by atoms with van der Waals surface area (Å²) in [5.41, 5.74) is 4.04. The maximum Gasteiger partial charge on any atom is 0.298 e. The second-order valence-electron chi connectivity index (χ2n) is 6.82. The molecule has 2 N–H and O–H groups in total. The van der Waals surface area contributed by atoms with Crippen molar-refractivity contribution < 1.29 is 9.21 Å². The van der Waals surface area contributed by atoms with Crippen molar-refractivity contribution in [2.24, 2.45) is 0 Å². The van der Waals surface area contributed by atoms with E-state index in [0.29, 0.717) is 17.5 Å². The molecule has 0 unspecified atom stereocenters. The lowest BCUT2D eigenvalue weighted by atomic mass is 10.0. The van der Waals surface area contributed by atoms with Gasteiger partial charge in [-0.2, -0.15) is 4.98 Å². The minimum atomic E-state index is -0.234. The molecule has 0 saturated carbocycles. The lowest BCUT2D eigenvalue weighted by Gasteiger charge is -2.24. The molecule has 1 fully saturated rings. The van der Waals surface area contributed by atoms with Crippen LogP contribution in [0.4, 0.5) is 11.7 Å². The summed E-state index contributed by atoms with van der Waals surface area (Å²) in [5, 5.41) is 6.31. The molecule has 0 atom stereocenters. The fourth-order valence-electron chi connectivity index (χ4n) is 3.56. The molecule has 2 aromatic rings. The number of nitrogens with zero attached hydrogens (tertiary/aromatic N) is 2. The van der Waals surface area contributed by atoms with Crippen LogP contribution in [0.15, 0.2) is 22.6 Å². The number of hydrogen-bond donors (Lipinski definition) is 2. The number of fused-ring (bicyclic) bond motifs is 1. The van der Waals surface area contributed by atoms with Gasteiger partial charge in [-0.3, -0.25) is 4.79 Å². The summed E-state index contributed by atoms with van der Waals surface area (Å²) in [5.74, 6) is 0.0714.